The van der Waals surface area contributed by atoms with Crippen molar-refractivity contribution in [1.29, 1.82) is 0 Å². The molecule has 0 aliphatic heterocycles. The van der Waals surface area contributed by atoms with Crippen molar-refractivity contribution in [3.63, 3.8) is 0 Å². The van der Waals surface area contributed by atoms with E-state index in [9.17, 15) is 14.7 Å². The molecule has 0 aliphatic rings. The lowest BCUT2D eigenvalue weighted by Gasteiger charge is -2.16. The first-order valence-electron chi connectivity index (χ1n) is 9.17. The van der Waals surface area contributed by atoms with E-state index >= 15 is 0 Å². The molecule has 3 aromatic carbocycles. The minimum atomic E-state index is -1.16. The van der Waals surface area contributed by atoms with Crippen molar-refractivity contribution in [2.45, 2.75) is 13.8 Å². The second kappa shape index (κ2) is 8.53. The molecule has 0 radical (unpaired) electrons. The van der Waals surface area contributed by atoms with Gasteiger partial charge < -0.3 is 9.84 Å². The third kappa shape index (κ3) is 4.12. The van der Waals surface area contributed by atoms with Crippen molar-refractivity contribution in [3.8, 4) is 22.3 Å². The van der Waals surface area contributed by atoms with Crippen molar-refractivity contribution >= 4 is 11.9 Å². The van der Waals surface area contributed by atoms with Crippen LogP contribution in [0.15, 0.2) is 72.8 Å². The molecule has 0 unspecified atom stereocenters. The zero-order valence-corrected chi connectivity index (χ0v) is 15.9. The van der Waals surface area contributed by atoms with Crippen molar-refractivity contribution in [3.05, 3.63) is 83.9 Å². The summed E-state index contributed by atoms with van der Waals surface area (Å²) < 4.78 is 5.39. The van der Waals surface area contributed by atoms with Crippen LogP contribution in [0, 0.1) is 5.92 Å². The molecule has 28 heavy (non-hydrogen) atoms. The summed E-state index contributed by atoms with van der Waals surface area (Å²) in [6, 6.07) is 22.3. The number of aromatic carboxylic acids is 1. The first kappa shape index (κ1) is 19.4. The van der Waals surface area contributed by atoms with Crippen LogP contribution in [0.3, 0.4) is 0 Å². The highest BCUT2D eigenvalue weighted by molar-refractivity contribution is 6.08. The van der Waals surface area contributed by atoms with Crippen LogP contribution in [0.4, 0.5) is 0 Å². The summed E-state index contributed by atoms with van der Waals surface area (Å²) in [5, 5.41) is 9.64. The Labute approximate surface area is 164 Å². The van der Waals surface area contributed by atoms with E-state index in [1.165, 1.54) is 6.07 Å². The smallest absolute Gasteiger partial charge is 0.339 e. The maximum absolute atomic E-state index is 12.8. The number of carboxylic acid groups (broad SMARTS) is 1. The van der Waals surface area contributed by atoms with Gasteiger partial charge in [-0.1, -0.05) is 80.6 Å². The molecule has 0 aliphatic carbocycles. The lowest BCUT2D eigenvalue weighted by Crippen LogP contribution is -2.16. The summed E-state index contributed by atoms with van der Waals surface area (Å²) in [6.07, 6.45) is 0. The van der Waals surface area contributed by atoms with E-state index in [4.69, 9.17) is 4.74 Å². The highest BCUT2D eigenvalue weighted by Crippen LogP contribution is 2.35. The number of hydrogen-bond donors (Lipinski definition) is 1. The highest BCUT2D eigenvalue weighted by Gasteiger charge is 2.24. The van der Waals surface area contributed by atoms with Crippen molar-refractivity contribution in [2.24, 2.45) is 5.92 Å². The van der Waals surface area contributed by atoms with Gasteiger partial charge in [0.25, 0.3) is 0 Å². The summed E-state index contributed by atoms with van der Waals surface area (Å²) in [5.74, 6) is -1.62. The first-order chi connectivity index (χ1) is 13.5. The molecule has 3 rings (SSSR count). The zero-order chi connectivity index (χ0) is 20.1. The van der Waals surface area contributed by atoms with E-state index in [2.05, 4.69) is 0 Å². The molecule has 4 heteroatoms. The van der Waals surface area contributed by atoms with Crippen LogP contribution in [0.25, 0.3) is 22.3 Å². The van der Waals surface area contributed by atoms with Crippen LogP contribution in [-0.4, -0.2) is 23.7 Å². The molecule has 4 nitrogen and oxygen atoms in total. The van der Waals surface area contributed by atoms with E-state index in [1.54, 1.807) is 12.1 Å². The predicted molar refractivity (Wildman–Crippen MR) is 109 cm³/mol. The standard InChI is InChI=1S/C24H22O4/c1-16(2)15-28-24(27)22-20(13-8-14-21(22)23(25)26)19-12-7-6-11-18(19)17-9-4-3-5-10-17/h3-14,16H,15H2,1-2H3,(H,25,26). The summed E-state index contributed by atoms with van der Waals surface area (Å²) in [7, 11) is 0. The molecule has 0 spiro atoms. The van der Waals surface area contributed by atoms with Gasteiger partial charge in [-0.25, -0.2) is 9.59 Å². The number of benzene rings is 3. The lowest BCUT2D eigenvalue weighted by atomic mass is 9.90. The van der Waals surface area contributed by atoms with Crippen LogP contribution in [0.1, 0.15) is 34.6 Å². The highest BCUT2D eigenvalue weighted by atomic mass is 16.5. The fraction of sp³-hybridized carbons (Fsp3) is 0.167. The van der Waals surface area contributed by atoms with Gasteiger partial charge in [0.1, 0.15) is 0 Å². The molecule has 3 aromatic rings. The van der Waals surface area contributed by atoms with Gasteiger partial charge in [0.2, 0.25) is 0 Å². The molecular weight excluding hydrogens is 352 g/mol. The topological polar surface area (TPSA) is 63.6 Å². The van der Waals surface area contributed by atoms with Crippen molar-refractivity contribution < 1.29 is 19.4 Å². The summed E-state index contributed by atoms with van der Waals surface area (Å²) >= 11 is 0. The predicted octanol–water partition coefficient (Wildman–Crippen LogP) is 5.53. The minimum absolute atomic E-state index is 0.0610. The quantitative estimate of drug-likeness (QED) is 0.576. The molecule has 0 amide bonds. The van der Waals surface area contributed by atoms with Crippen LogP contribution >= 0.6 is 0 Å². The molecule has 1 N–H and O–H groups in total. The molecule has 142 valence electrons. The molecule has 0 fully saturated rings. The summed E-state index contributed by atoms with van der Waals surface area (Å²) in [6.45, 7) is 4.09. The Morgan fingerprint density at radius 3 is 2.07 bits per heavy atom. The summed E-state index contributed by atoms with van der Waals surface area (Å²) in [5.41, 5.74) is 3.26. The molecular formula is C24H22O4. The molecule has 0 aromatic heterocycles. The first-order valence-corrected chi connectivity index (χ1v) is 9.17. The van der Waals surface area contributed by atoms with Crippen molar-refractivity contribution in [2.75, 3.05) is 6.61 Å². The van der Waals surface area contributed by atoms with Gasteiger partial charge in [0.15, 0.2) is 0 Å². The monoisotopic (exact) mass is 374 g/mol. The number of carbonyl (C=O) groups excluding carboxylic acids is 1. The van der Waals surface area contributed by atoms with Gasteiger partial charge in [-0.2, -0.15) is 0 Å². The normalized spacial score (nSPS) is 10.7. The Balaban J connectivity index is 2.20. The molecule has 0 saturated carbocycles. The fourth-order valence-electron chi connectivity index (χ4n) is 3.08. The van der Waals surface area contributed by atoms with E-state index < -0.39 is 11.9 Å². The number of ether oxygens (including phenoxy) is 1. The van der Waals surface area contributed by atoms with Crippen LogP contribution in [0.2, 0.25) is 0 Å². The van der Waals surface area contributed by atoms with Crippen LogP contribution < -0.4 is 0 Å². The van der Waals surface area contributed by atoms with Gasteiger partial charge in [-0.05, 0) is 34.2 Å². The number of carboxylic acids is 1. The SMILES string of the molecule is CC(C)COC(=O)c1c(C(=O)O)cccc1-c1ccccc1-c1ccccc1. The van der Waals surface area contributed by atoms with Gasteiger partial charge in [0, 0.05) is 0 Å². The lowest BCUT2D eigenvalue weighted by molar-refractivity contribution is 0.0451. The zero-order valence-electron chi connectivity index (χ0n) is 15.9. The van der Waals surface area contributed by atoms with Gasteiger partial charge in [-0.15, -0.1) is 0 Å². The number of rotatable bonds is 6. The van der Waals surface area contributed by atoms with Crippen LogP contribution in [0.5, 0.6) is 0 Å². The van der Waals surface area contributed by atoms with Gasteiger partial charge >= 0.3 is 11.9 Å². The second-order valence-electron chi connectivity index (χ2n) is 6.94. The third-order valence-corrected chi connectivity index (χ3v) is 4.35. The van der Waals surface area contributed by atoms with E-state index in [0.717, 1.165) is 16.7 Å². The van der Waals surface area contributed by atoms with Crippen molar-refractivity contribution in [1.82, 2.24) is 0 Å². The number of carbonyl (C=O) groups is 2. The Morgan fingerprint density at radius 1 is 0.821 bits per heavy atom. The van der Waals surface area contributed by atoms with E-state index in [1.807, 2.05) is 68.4 Å². The van der Waals surface area contributed by atoms with Gasteiger partial charge in [0.05, 0.1) is 17.7 Å². The molecule has 0 bridgehead atoms. The maximum Gasteiger partial charge on any atom is 0.339 e. The largest absolute Gasteiger partial charge is 0.478 e. The number of hydrogen-bond acceptors (Lipinski definition) is 3. The third-order valence-electron chi connectivity index (χ3n) is 4.35. The maximum atomic E-state index is 12.8. The Bertz CT molecular complexity index is 990. The summed E-state index contributed by atoms with van der Waals surface area (Å²) in [4.78, 5) is 24.6. The second-order valence-corrected chi connectivity index (χ2v) is 6.94. The van der Waals surface area contributed by atoms with Gasteiger partial charge in [-0.3, -0.25) is 0 Å². The average molecular weight is 374 g/mol. The average Bonchev–Trinajstić information content (AvgIpc) is 2.72. The molecule has 0 atom stereocenters. The Morgan fingerprint density at radius 2 is 1.43 bits per heavy atom. The van der Waals surface area contributed by atoms with E-state index in [0.29, 0.717) is 5.56 Å². The minimum Gasteiger partial charge on any atom is -0.478 e. The fourth-order valence-corrected chi connectivity index (χ4v) is 3.08. The number of esters is 1. The van der Waals surface area contributed by atoms with Crippen LogP contribution in [-0.2, 0) is 4.74 Å². The van der Waals surface area contributed by atoms with E-state index in [-0.39, 0.29) is 23.7 Å². The molecule has 0 heterocycles. The Kier molecular flexibility index (Phi) is 5.90. The molecule has 0 saturated heterocycles. The Hall–Kier alpha value is -3.40.